The molecule has 1 fully saturated rings. The van der Waals surface area contributed by atoms with Crippen LogP contribution in [0.5, 0.6) is 0 Å². The van der Waals surface area contributed by atoms with Crippen molar-refractivity contribution in [2.45, 2.75) is 27.2 Å². The van der Waals surface area contributed by atoms with E-state index in [0.717, 1.165) is 32.6 Å². The first-order chi connectivity index (χ1) is 6.02. The Hall–Kier alpha value is -0.570. The molecule has 1 rings (SSSR count). The van der Waals surface area contributed by atoms with Gasteiger partial charge in [-0.05, 0) is 13.0 Å². The van der Waals surface area contributed by atoms with Gasteiger partial charge in [-0.25, -0.2) is 0 Å². The molecule has 0 aliphatic carbocycles. The summed E-state index contributed by atoms with van der Waals surface area (Å²) in [5.74, 6) is 0.274. The van der Waals surface area contributed by atoms with Gasteiger partial charge in [-0.2, -0.15) is 0 Å². The first-order valence-corrected chi connectivity index (χ1v) is 5.02. The zero-order chi connectivity index (χ0) is 9.90. The van der Waals surface area contributed by atoms with E-state index >= 15 is 0 Å². The van der Waals surface area contributed by atoms with Crippen LogP contribution in [0.1, 0.15) is 27.2 Å². The molecule has 1 N–H and O–H groups in total. The van der Waals surface area contributed by atoms with Crippen LogP contribution in [0.3, 0.4) is 0 Å². The van der Waals surface area contributed by atoms with Crippen molar-refractivity contribution in [2.24, 2.45) is 5.41 Å². The maximum absolute atomic E-state index is 11.9. The molecule has 0 bridgehead atoms. The average Bonchev–Trinajstić information content (AvgIpc) is 2.28. The van der Waals surface area contributed by atoms with Crippen molar-refractivity contribution in [3.63, 3.8) is 0 Å². The van der Waals surface area contributed by atoms with Crippen LogP contribution < -0.4 is 5.32 Å². The van der Waals surface area contributed by atoms with E-state index in [-0.39, 0.29) is 11.3 Å². The van der Waals surface area contributed by atoms with E-state index < -0.39 is 0 Å². The molecule has 13 heavy (non-hydrogen) atoms. The fourth-order valence-corrected chi connectivity index (χ4v) is 1.52. The minimum atomic E-state index is -0.232. The molecule has 1 aliphatic rings. The summed E-state index contributed by atoms with van der Waals surface area (Å²) < 4.78 is 0. The zero-order valence-electron chi connectivity index (χ0n) is 8.89. The Morgan fingerprint density at radius 2 is 1.92 bits per heavy atom. The SMILES string of the molecule is CC(C)(C)C(=O)N1CCCNCC1. The van der Waals surface area contributed by atoms with Gasteiger partial charge >= 0.3 is 0 Å². The lowest BCUT2D eigenvalue weighted by molar-refractivity contribution is -0.139. The number of carbonyl (C=O) groups excluding carboxylic acids is 1. The average molecular weight is 184 g/mol. The van der Waals surface area contributed by atoms with E-state index in [4.69, 9.17) is 0 Å². The molecule has 0 saturated carbocycles. The third kappa shape index (κ3) is 2.99. The Kier molecular flexibility index (Phi) is 3.31. The van der Waals surface area contributed by atoms with Crippen molar-refractivity contribution < 1.29 is 4.79 Å². The lowest BCUT2D eigenvalue weighted by Gasteiger charge is -2.27. The molecular weight excluding hydrogens is 164 g/mol. The molecule has 3 heteroatoms. The minimum absolute atomic E-state index is 0.232. The van der Waals surface area contributed by atoms with Gasteiger partial charge < -0.3 is 10.2 Å². The number of amides is 1. The molecule has 1 saturated heterocycles. The molecule has 76 valence electrons. The summed E-state index contributed by atoms with van der Waals surface area (Å²) in [5, 5.41) is 3.29. The highest BCUT2D eigenvalue weighted by Gasteiger charge is 2.27. The van der Waals surface area contributed by atoms with Crippen molar-refractivity contribution in [1.82, 2.24) is 10.2 Å². The third-order valence-electron chi connectivity index (χ3n) is 2.27. The van der Waals surface area contributed by atoms with Crippen molar-refractivity contribution in [2.75, 3.05) is 26.2 Å². The molecule has 0 aromatic heterocycles. The molecule has 0 atom stereocenters. The van der Waals surface area contributed by atoms with E-state index in [1.807, 2.05) is 25.7 Å². The standard InChI is InChI=1S/C10H20N2O/c1-10(2,3)9(13)12-7-4-5-11-6-8-12/h11H,4-8H2,1-3H3. The lowest BCUT2D eigenvalue weighted by atomic mass is 9.94. The van der Waals surface area contributed by atoms with Gasteiger partial charge in [-0.1, -0.05) is 20.8 Å². The number of carbonyl (C=O) groups is 1. The Morgan fingerprint density at radius 1 is 1.23 bits per heavy atom. The Morgan fingerprint density at radius 3 is 2.54 bits per heavy atom. The Bertz CT molecular complexity index is 176. The molecule has 0 aromatic carbocycles. The van der Waals surface area contributed by atoms with Crippen LogP contribution in [-0.2, 0) is 4.79 Å². The highest BCUT2D eigenvalue weighted by atomic mass is 16.2. The van der Waals surface area contributed by atoms with Gasteiger partial charge in [0.25, 0.3) is 0 Å². The van der Waals surface area contributed by atoms with Crippen LogP contribution in [0.2, 0.25) is 0 Å². The molecule has 1 heterocycles. The normalized spacial score (nSPS) is 19.8. The fraction of sp³-hybridized carbons (Fsp3) is 0.900. The van der Waals surface area contributed by atoms with Gasteiger partial charge in [0.15, 0.2) is 0 Å². The Balaban J connectivity index is 2.54. The smallest absolute Gasteiger partial charge is 0.227 e. The van der Waals surface area contributed by atoms with Crippen molar-refractivity contribution in [3.05, 3.63) is 0 Å². The number of hydrogen-bond donors (Lipinski definition) is 1. The van der Waals surface area contributed by atoms with E-state index in [2.05, 4.69) is 5.32 Å². The largest absolute Gasteiger partial charge is 0.341 e. The Labute approximate surface area is 80.5 Å². The molecule has 1 amide bonds. The highest BCUT2D eigenvalue weighted by Crippen LogP contribution is 2.17. The molecule has 0 radical (unpaired) electrons. The van der Waals surface area contributed by atoms with Crippen LogP contribution >= 0.6 is 0 Å². The van der Waals surface area contributed by atoms with Crippen LogP contribution in [0, 0.1) is 5.41 Å². The van der Waals surface area contributed by atoms with Gasteiger partial charge in [-0.15, -0.1) is 0 Å². The summed E-state index contributed by atoms with van der Waals surface area (Å²) >= 11 is 0. The van der Waals surface area contributed by atoms with Crippen molar-refractivity contribution in [3.8, 4) is 0 Å². The second-order valence-electron chi connectivity index (χ2n) is 4.65. The van der Waals surface area contributed by atoms with Crippen LogP contribution in [0.4, 0.5) is 0 Å². The molecule has 0 spiro atoms. The quantitative estimate of drug-likeness (QED) is 0.605. The van der Waals surface area contributed by atoms with E-state index in [1.54, 1.807) is 0 Å². The van der Waals surface area contributed by atoms with Gasteiger partial charge in [0, 0.05) is 25.0 Å². The summed E-state index contributed by atoms with van der Waals surface area (Å²) in [4.78, 5) is 13.8. The summed E-state index contributed by atoms with van der Waals surface area (Å²) in [6, 6.07) is 0. The van der Waals surface area contributed by atoms with Crippen LogP contribution in [0.25, 0.3) is 0 Å². The van der Waals surface area contributed by atoms with E-state index in [0.29, 0.717) is 0 Å². The van der Waals surface area contributed by atoms with Crippen LogP contribution in [0.15, 0.2) is 0 Å². The van der Waals surface area contributed by atoms with Crippen molar-refractivity contribution in [1.29, 1.82) is 0 Å². The van der Waals surface area contributed by atoms with Gasteiger partial charge in [0.05, 0.1) is 0 Å². The molecule has 0 unspecified atom stereocenters. The lowest BCUT2D eigenvalue weighted by Crippen LogP contribution is -2.41. The highest BCUT2D eigenvalue weighted by molar-refractivity contribution is 5.81. The van der Waals surface area contributed by atoms with Gasteiger partial charge in [0.2, 0.25) is 5.91 Å². The molecular formula is C10H20N2O. The first kappa shape index (κ1) is 10.5. The predicted octanol–water partition coefficient (Wildman–Crippen LogP) is 0.854. The molecule has 1 aliphatic heterocycles. The molecule has 0 aromatic rings. The second-order valence-corrected chi connectivity index (χ2v) is 4.65. The van der Waals surface area contributed by atoms with Gasteiger partial charge in [-0.3, -0.25) is 4.79 Å². The number of rotatable bonds is 0. The van der Waals surface area contributed by atoms with Crippen molar-refractivity contribution >= 4 is 5.91 Å². The number of nitrogens with one attached hydrogen (secondary N) is 1. The topological polar surface area (TPSA) is 32.3 Å². The predicted molar refractivity (Wildman–Crippen MR) is 53.5 cm³/mol. The monoisotopic (exact) mass is 184 g/mol. The van der Waals surface area contributed by atoms with E-state index in [1.165, 1.54) is 0 Å². The van der Waals surface area contributed by atoms with E-state index in [9.17, 15) is 4.79 Å². The first-order valence-electron chi connectivity index (χ1n) is 5.02. The maximum Gasteiger partial charge on any atom is 0.227 e. The summed E-state index contributed by atoms with van der Waals surface area (Å²) in [7, 11) is 0. The fourth-order valence-electron chi connectivity index (χ4n) is 1.52. The summed E-state index contributed by atoms with van der Waals surface area (Å²) in [6.45, 7) is 9.67. The third-order valence-corrected chi connectivity index (χ3v) is 2.27. The zero-order valence-corrected chi connectivity index (χ0v) is 8.89. The van der Waals surface area contributed by atoms with Crippen LogP contribution in [-0.4, -0.2) is 37.0 Å². The minimum Gasteiger partial charge on any atom is -0.341 e. The number of nitrogens with zero attached hydrogens (tertiary/aromatic N) is 1. The maximum atomic E-state index is 11.9. The van der Waals surface area contributed by atoms with Gasteiger partial charge in [0.1, 0.15) is 0 Å². The summed E-state index contributed by atoms with van der Waals surface area (Å²) in [6.07, 6.45) is 1.07. The molecule has 3 nitrogen and oxygen atoms in total. The second kappa shape index (κ2) is 4.09. The number of hydrogen-bond acceptors (Lipinski definition) is 2. The summed E-state index contributed by atoms with van der Waals surface area (Å²) in [5.41, 5.74) is -0.232.